The molecule has 2 aromatic rings. The van der Waals surface area contributed by atoms with E-state index in [0.717, 1.165) is 22.0 Å². The van der Waals surface area contributed by atoms with Crippen LogP contribution in [-0.4, -0.2) is 12.1 Å². The summed E-state index contributed by atoms with van der Waals surface area (Å²) in [5, 5.41) is 1.87. The molecule has 0 spiro atoms. The molecule has 0 fully saturated rings. The van der Waals surface area contributed by atoms with Crippen molar-refractivity contribution >= 4 is 26.8 Å². The minimum Gasteiger partial charge on any atom is -0.496 e. The number of fused-ring (bicyclic) bond motifs is 1. The van der Waals surface area contributed by atoms with E-state index in [9.17, 15) is 0 Å². The van der Waals surface area contributed by atoms with Crippen LogP contribution >= 0.6 is 15.9 Å². The smallest absolute Gasteiger partial charge is 0.128 e. The Morgan fingerprint density at radius 2 is 2.21 bits per heavy atom. The molecule has 2 rings (SSSR count). The van der Waals surface area contributed by atoms with E-state index in [-0.39, 0.29) is 0 Å². The van der Waals surface area contributed by atoms with E-state index in [1.165, 1.54) is 5.56 Å². The molecule has 0 N–H and O–H groups in total. The van der Waals surface area contributed by atoms with Crippen LogP contribution in [0, 0.1) is 0 Å². The summed E-state index contributed by atoms with van der Waals surface area (Å²) < 4.78 is 5.27. The van der Waals surface area contributed by atoms with Gasteiger partial charge in [0, 0.05) is 16.9 Å². The van der Waals surface area contributed by atoms with Gasteiger partial charge < -0.3 is 4.74 Å². The summed E-state index contributed by atoms with van der Waals surface area (Å²) in [6.07, 6.45) is 1.80. The average Bonchev–Trinajstić information content (AvgIpc) is 2.27. The maximum Gasteiger partial charge on any atom is 0.128 e. The number of rotatable bonds is 2. The molecule has 0 unspecified atom stereocenters. The van der Waals surface area contributed by atoms with E-state index in [1.807, 2.05) is 24.3 Å². The van der Waals surface area contributed by atoms with Gasteiger partial charge in [0.05, 0.1) is 12.6 Å². The SMILES string of the molecule is COc1ccc(CBr)c2ncccc12. The first-order chi connectivity index (χ1) is 6.86. The monoisotopic (exact) mass is 251 g/mol. The van der Waals surface area contributed by atoms with Gasteiger partial charge in [0.25, 0.3) is 0 Å². The Balaban J connectivity index is 2.78. The number of aromatic nitrogens is 1. The molecule has 3 heteroatoms. The topological polar surface area (TPSA) is 22.1 Å². The van der Waals surface area contributed by atoms with Crippen molar-refractivity contribution in [1.82, 2.24) is 4.98 Å². The fraction of sp³-hybridized carbons (Fsp3) is 0.182. The summed E-state index contributed by atoms with van der Waals surface area (Å²) in [4.78, 5) is 4.35. The predicted molar refractivity (Wildman–Crippen MR) is 60.9 cm³/mol. The molecule has 0 aliphatic heterocycles. The number of nitrogens with zero attached hydrogens (tertiary/aromatic N) is 1. The Labute approximate surface area is 91.0 Å². The molecule has 72 valence electrons. The van der Waals surface area contributed by atoms with E-state index in [1.54, 1.807) is 13.3 Å². The highest BCUT2D eigenvalue weighted by molar-refractivity contribution is 9.08. The van der Waals surface area contributed by atoms with Crippen LogP contribution in [-0.2, 0) is 5.33 Å². The quantitative estimate of drug-likeness (QED) is 0.766. The zero-order valence-electron chi connectivity index (χ0n) is 7.83. The average molecular weight is 252 g/mol. The summed E-state index contributed by atoms with van der Waals surface area (Å²) in [5.41, 5.74) is 2.19. The molecule has 0 saturated heterocycles. The number of halogens is 1. The van der Waals surface area contributed by atoms with Crippen LogP contribution in [0.25, 0.3) is 10.9 Å². The van der Waals surface area contributed by atoms with Gasteiger partial charge in [0.2, 0.25) is 0 Å². The van der Waals surface area contributed by atoms with E-state index in [2.05, 4.69) is 20.9 Å². The molecule has 1 aromatic heterocycles. The third-order valence-corrected chi connectivity index (χ3v) is 2.78. The summed E-state index contributed by atoms with van der Waals surface area (Å²) in [6.45, 7) is 0. The lowest BCUT2D eigenvalue weighted by Crippen LogP contribution is -1.90. The summed E-state index contributed by atoms with van der Waals surface area (Å²) in [5.74, 6) is 0.873. The van der Waals surface area contributed by atoms with Crippen LogP contribution in [0.15, 0.2) is 30.5 Å². The van der Waals surface area contributed by atoms with Crippen molar-refractivity contribution < 1.29 is 4.74 Å². The van der Waals surface area contributed by atoms with Gasteiger partial charge in [0.15, 0.2) is 0 Å². The van der Waals surface area contributed by atoms with Crippen LogP contribution in [0.1, 0.15) is 5.56 Å². The molecule has 14 heavy (non-hydrogen) atoms. The zero-order chi connectivity index (χ0) is 9.97. The third kappa shape index (κ3) is 1.48. The van der Waals surface area contributed by atoms with Gasteiger partial charge in [-0.3, -0.25) is 4.98 Å². The predicted octanol–water partition coefficient (Wildman–Crippen LogP) is 3.14. The number of benzene rings is 1. The third-order valence-electron chi connectivity index (χ3n) is 2.18. The van der Waals surface area contributed by atoms with Crippen molar-refractivity contribution in [1.29, 1.82) is 0 Å². The maximum absolute atomic E-state index is 5.27. The van der Waals surface area contributed by atoms with Gasteiger partial charge >= 0.3 is 0 Å². The van der Waals surface area contributed by atoms with Crippen molar-refractivity contribution in [2.45, 2.75) is 5.33 Å². The molecule has 0 aliphatic rings. The van der Waals surface area contributed by atoms with Crippen LogP contribution in [0.5, 0.6) is 5.75 Å². The van der Waals surface area contributed by atoms with E-state index in [4.69, 9.17) is 4.74 Å². The molecule has 0 amide bonds. The number of ether oxygens (including phenoxy) is 1. The first kappa shape index (κ1) is 9.46. The Kier molecular flexibility index (Phi) is 2.68. The highest BCUT2D eigenvalue weighted by Crippen LogP contribution is 2.27. The van der Waals surface area contributed by atoms with Crippen molar-refractivity contribution in [3.63, 3.8) is 0 Å². The number of hydrogen-bond acceptors (Lipinski definition) is 2. The number of pyridine rings is 1. The first-order valence-corrected chi connectivity index (χ1v) is 5.45. The van der Waals surface area contributed by atoms with Gasteiger partial charge in [-0.25, -0.2) is 0 Å². The van der Waals surface area contributed by atoms with E-state index < -0.39 is 0 Å². The highest BCUT2D eigenvalue weighted by Gasteiger charge is 2.05. The van der Waals surface area contributed by atoms with Gasteiger partial charge in [-0.1, -0.05) is 22.0 Å². The molecule has 1 aromatic carbocycles. The molecular formula is C11H10BrNO. The van der Waals surface area contributed by atoms with Crippen LogP contribution in [0.2, 0.25) is 0 Å². The summed E-state index contributed by atoms with van der Waals surface area (Å²) in [6, 6.07) is 7.94. The highest BCUT2D eigenvalue weighted by atomic mass is 79.9. The molecule has 0 saturated carbocycles. The lowest BCUT2D eigenvalue weighted by molar-refractivity contribution is 0.419. The molecule has 0 bridgehead atoms. The maximum atomic E-state index is 5.27. The fourth-order valence-electron chi connectivity index (χ4n) is 1.49. The fourth-order valence-corrected chi connectivity index (χ4v) is 1.94. The molecule has 1 heterocycles. The standard InChI is InChI=1S/C11H10BrNO/c1-14-10-5-4-8(7-12)11-9(10)3-2-6-13-11/h2-6H,7H2,1H3. The van der Waals surface area contributed by atoms with E-state index in [0.29, 0.717) is 0 Å². The van der Waals surface area contributed by atoms with Crippen LogP contribution in [0.4, 0.5) is 0 Å². The lowest BCUT2D eigenvalue weighted by atomic mass is 10.1. The van der Waals surface area contributed by atoms with Gasteiger partial charge in [-0.05, 0) is 23.8 Å². The normalized spacial score (nSPS) is 10.4. The van der Waals surface area contributed by atoms with Crippen molar-refractivity contribution in [2.24, 2.45) is 0 Å². The Morgan fingerprint density at radius 1 is 1.36 bits per heavy atom. The Morgan fingerprint density at radius 3 is 2.93 bits per heavy atom. The van der Waals surface area contributed by atoms with Crippen LogP contribution < -0.4 is 4.74 Å². The Bertz CT molecular complexity index is 413. The van der Waals surface area contributed by atoms with Crippen molar-refractivity contribution in [3.8, 4) is 5.75 Å². The van der Waals surface area contributed by atoms with Crippen molar-refractivity contribution in [2.75, 3.05) is 7.11 Å². The van der Waals surface area contributed by atoms with Crippen LogP contribution in [0.3, 0.4) is 0 Å². The summed E-state index contributed by atoms with van der Waals surface area (Å²) in [7, 11) is 1.68. The number of alkyl halides is 1. The minimum absolute atomic E-state index is 0.810. The van der Waals surface area contributed by atoms with Gasteiger partial charge in [-0.15, -0.1) is 0 Å². The number of hydrogen-bond donors (Lipinski definition) is 0. The molecule has 0 atom stereocenters. The minimum atomic E-state index is 0.810. The second-order valence-electron chi connectivity index (χ2n) is 2.96. The van der Waals surface area contributed by atoms with Gasteiger partial charge in [0.1, 0.15) is 5.75 Å². The lowest BCUT2D eigenvalue weighted by Gasteiger charge is -2.07. The second kappa shape index (κ2) is 3.96. The summed E-state index contributed by atoms with van der Waals surface area (Å²) >= 11 is 3.44. The molecule has 0 radical (unpaired) electrons. The Hall–Kier alpha value is -1.09. The second-order valence-corrected chi connectivity index (χ2v) is 3.52. The van der Waals surface area contributed by atoms with E-state index >= 15 is 0 Å². The largest absolute Gasteiger partial charge is 0.496 e. The molecular weight excluding hydrogens is 242 g/mol. The first-order valence-electron chi connectivity index (χ1n) is 4.33. The molecule has 0 aliphatic carbocycles. The van der Waals surface area contributed by atoms with Crippen molar-refractivity contribution in [3.05, 3.63) is 36.0 Å². The zero-order valence-corrected chi connectivity index (χ0v) is 9.41. The van der Waals surface area contributed by atoms with Gasteiger partial charge in [-0.2, -0.15) is 0 Å². The number of methoxy groups -OCH3 is 1. The molecule has 2 nitrogen and oxygen atoms in total.